The number of hydrogen-bond donors (Lipinski definition) is 0. The Bertz CT molecular complexity index is 1400. The maximum absolute atomic E-state index is 12.6. The molecule has 5 rings (SSSR count). The van der Waals surface area contributed by atoms with Crippen LogP contribution >= 0.6 is 11.3 Å². The van der Waals surface area contributed by atoms with Gasteiger partial charge in [-0.3, -0.25) is 0 Å². The molecule has 7 heteroatoms. The second-order valence-corrected chi connectivity index (χ2v) is 20.4. The summed E-state index contributed by atoms with van der Waals surface area (Å²) in [6, 6.07) is 21.7. The van der Waals surface area contributed by atoms with Gasteiger partial charge in [0.05, 0.1) is 5.69 Å². The van der Waals surface area contributed by atoms with Crippen molar-refractivity contribution in [3.05, 3.63) is 82.3 Å². The fourth-order valence-corrected chi connectivity index (χ4v) is 12.5. The molecule has 1 amide bonds. The third kappa shape index (κ3) is 6.54. The molecule has 0 atom stereocenters. The number of hydrogen-bond acceptors (Lipinski definition) is 5. The third-order valence-electron chi connectivity index (χ3n) is 8.89. The molecule has 1 saturated heterocycles. The van der Waals surface area contributed by atoms with E-state index in [1.54, 1.807) is 0 Å². The number of nitrogens with zero attached hydrogens (tertiary/aromatic N) is 2. The highest BCUT2D eigenvalue weighted by Gasteiger charge is 2.51. The van der Waals surface area contributed by atoms with E-state index in [-0.39, 0.29) is 22.0 Å². The number of amides is 1. The molecule has 0 radical (unpaired) electrons. The Hall–Kier alpha value is -2.74. The van der Waals surface area contributed by atoms with Gasteiger partial charge < -0.3 is 14.1 Å². The summed E-state index contributed by atoms with van der Waals surface area (Å²) in [7, 11) is -2.65. The lowest BCUT2D eigenvalue weighted by Gasteiger charge is -2.44. The van der Waals surface area contributed by atoms with Crippen LogP contribution < -0.4 is 10.4 Å². The van der Waals surface area contributed by atoms with Gasteiger partial charge in [-0.05, 0) is 66.9 Å². The van der Waals surface area contributed by atoms with Crippen LogP contribution in [-0.2, 0) is 21.0 Å². The Morgan fingerprint density at radius 2 is 1.47 bits per heavy atom. The van der Waals surface area contributed by atoms with E-state index in [4.69, 9.17) is 14.1 Å². The average molecular weight is 617 g/mol. The van der Waals surface area contributed by atoms with Gasteiger partial charge in [-0.1, -0.05) is 101 Å². The molecule has 2 aromatic carbocycles. The number of aromatic nitrogens is 1. The SMILES string of the molecule is CC(C)(C)OC(=O)N1CCC2(C=Cc3nc(C(C)(C)CO[Si](c4ccccc4)(c4ccccc4)C(C)(C)C)sc3C2)CC1. The van der Waals surface area contributed by atoms with Crippen molar-refractivity contribution >= 4 is 42.2 Å². The molecule has 0 bridgehead atoms. The van der Waals surface area contributed by atoms with Gasteiger partial charge in [-0.2, -0.15) is 0 Å². The minimum absolute atomic E-state index is 0.0722. The number of carbonyl (C=O) groups is 1. The van der Waals surface area contributed by atoms with Crippen molar-refractivity contribution in [2.75, 3.05) is 19.7 Å². The van der Waals surface area contributed by atoms with E-state index in [2.05, 4.69) is 107 Å². The van der Waals surface area contributed by atoms with E-state index in [1.807, 2.05) is 37.0 Å². The van der Waals surface area contributed by atoms with Crippen LogP contribution in [0.4, 0.5) is 4.79 Å². The second kappa shape index (κ2) is 11.6. The summed E-state index contributed by atoms with van der Waals surface area (Å²) in [6.45, 7) is 19.3. The van der Waals surface area contributed by atoms with E-state index < -0.39 is 13.9 Å². The van der Waals surface area contributed by atoms with Crippen LogP contribution in [0, 0.1) is 5.41 Å². The molecule has 1 spiro atoms. The predicted molar refractivity (Wildman–Crippen MR) is 181 cm³/mol. The molecule has 1 aliphatic carbocycles. The Morgan fingerprint density at radius 3 is 1.98 bits per heavy atom. The maximum Gasteiger partial charge on any atom is 0.410 e. The summed E-state index contributed by atoms with van der Waals surface area (Å²) in [5.41, 5.74) is 0.443. The largest absolute Gasteiger partial charge is 0.444 e. The number of allylic oxidation sites excluding steroid dienone is 1. The van der Waals surface area contributed by atoms with Crippen LogP contribution in [0.3, 0.4) is 0 Å². The third-order valence-corrected chi connectivity index (χ3v) is 15.3. The van der Waals surface area contributed by atoms with Crippen LogP contribution in [0.25, 0.3) is 6.08 Å². The summed E-state index contributed by atoms with van der Waals surface area (Å²) in [5, 5.41) is 3.65. The topological polar surface area (TPSA) is 51.7 Å². The second-order valence-electron chi connectivity index (χ2n) is 15.0. The minimum Gasteiger partial charge on any atom is -0.444 e. The summed E-state index contributed by atoms with van der Waals surface area (Å²) in [5.74, 6) is 0. The van der Waals surface area contributed by atoms with Crippen molar-refractivity contribution in [3.8, 4) is 0 Å². The number of benzene rings is 2. The van der Waals surface area contributed by atoms with Gasteiger partial charge >= 0.3 is 6.09 Å². The van der Waals surface area contributed by atoms with Crippen LogP contribution in [0.5, 0.6) is 0 Å². The molecule has 0 N–H and O–H groups in total. The van der Waals surface area contributed by atoms with E-state index in [0.717, 1.165) is 43.1 Å². The molecule has 1 aliphatic heterocycles. The zero-order chi connectivity index (χ0) is 31.1. The molecule has 0 unspecified atom stereocenters. The lowest BCUT2D eigenvalue weighted by Crippen LogP contribution is -2.67. The first-order valence-electron chi connectivity index (χ1n) is 15.6. The first-order chi connectivity index (χ1) is 20.1. The molecule has 0 saturated carbocycles. The smallest absolute Gasteiger partial charge is 0.410 e. The van der Waals surface area contributed by atoms with E-state index in [0.29, 0.717) is 6.61 Å². The fourth-order valence-electron chi connectivity index (χ4n) is 6.46. The number of fused-ring (bicyclic) bond motifs is 1. The number of rotatable bonds is 6. The monoisotopic (exact) mass is 616 g/mol. The molecular weight excluding hydrogens is 569 g/mol. The number of ether oxygens (including phenoxy) is 1. The fraction of sp³-hybridized carbons (Fsp3) is 0.500. The Labute approximate surface area is 263 Å². The van der Waals surface area contributed by atoms with E-state index >= 15 is 0 Å². The normalized spacial score (nSPS) is 17.2. The molecule has 1 fully saturated rings. The zero-order valence-corrected chi connectivity index (χ0v) is 29.0. The molecule has 2 aliphatic rings. The molecule has 43 heavy (non-hydrogen) atoms. The van der Waals surface area contributed by atoms with Gasteiger partial charge in [0.25, 0.3) is 8.32 Å². The Morgan fingerprint density at radius 1 is 0.907 bits per heavy atom. The van der Waals surface area contributed by atoms with Crippen LogP contribution in [-0.4, -0.2) is 49.6 Å². The van der Waals surface area contributed by atoms with E-state index in [9.17, 15) is 4.79 Å². The number of thiazole rings is 1. The summed E-state index contributed by atoms with van der Waals surface area (Å²) in [4.78, 5) is 21.0. The van der Waals surface area contributed by atoms with Crippen LogP contribution in [0.15, 0.2) is 66.7 Å². The van der Waals surface area contributed by atoms with Gasteiger partial charge in [0, 0.05) is 30.0 Å². The molecule has 2 heterocycles. The highest BCUT2D eigenvalue weighted by atomic mass is 32.1. The quantitative estimate of drug-likeness (QED) is 0.268. The van der Waals surface area contributed by atoms with Crippen molar-refractivity contribution in [1.82, 2.24) is 9.88 Å². The highest BCUT2D eigenvalue weighted by molar-refractivity contribution is 7.12. The van der Waals surface area contributed by atoms with Gasteiger partial charge in [0.2, 0.25) is 0 Å². The first kappa shape index (κ1) is 31.7. The van der Waals surface area contributed by atoms with E-state index in [1.165, 1.54) is 15.3 Å². The summed E-state index contributed by atoms with van der Waals surface area (Å²) in [6.07, 6.45) is 7.24. The standard InChI is InChI=1S/C36H48N2O3SSi/c1-33(2,3)41-32(39)38-23-21-36(22-24-38)20-19-29-30(25-36)42-31(37-29)35(7,8)26-40-43(34(4,5)6,27-15-11-9-12-16-27)28-17-13-10-14-18-28/h9-20H,21-26H2,1-8H3. The summed E-state index contributed by atoms with van der Waals surface area (Å²) >= 11 is 1.84. The van der Waals surface area contributed by atoms with Crippen molar-refractivity contribution < 1.29 is 14.0 Å². The Kier molecular flexibility index (Phi) is 8.57. The molecule has 1 aromatic heterocycles. The first-order valence-corrected chi connectivity index (χ1v) is 18.3. The highest BCUT2D eigenvalue weighted by Crippen LogP contribution is 2.45. The van der Waals surface area contributed by atoms with Gasteiger partial charge in [0.15, 0.2) is 0 Å². The molecule has 3 aromatic rings. The lowest BCUT2D eigenvalue weighted by atomic mass is 9.73. The zero-order valence-electron chi connectivity index (χ0n) is 27.2. The van der Waals surface area contributed by atoms with Gasteiger partial charge in [-0.25, -0.2) is 9.78 Å². The Balaban J connectivity index is 1.35. The average Bonchev–Trinajstić information content (AvgIpc) is 3.37. The van der Waals surface area contributed by atoms with Crippen molar-refractivity contribution in [1.29, 1.82) is 0 Å². The van der Waals surface area contributed by atoms with Crippen molar-refractivity contribution in [2.24, 2.45) is 5.41 Å². The minimum atomic E-state index is -2.65. The maximum atomic E-state index is 12.6. The van der Waals surface area contributed by atoms with Crippen molar-refractivity contribution in [2.45, 2.75) is 90.7 Å². The summed E-state index contributed by atoms with van der Waals surface area (Å²) < 4.78 is 13.0. The van der Waals surface area contributed by atoms with Crippen molar-refractivity contribution in [3.63, 3.8) is 0 Å². The number of carbonyl (C=O) groups excluding carboxylic acids is 1. The number of piperidine rings is 1. The predicted octanol–water partition coefficient (Wildman–Crippen LogP) is 7.58. The van der Waals surface area contributed by atoms with Crippen LogP contribution in [0.1, 0.15) is 83.8 Å². The molecular formula is C36H48N2O3SSi. The number of likely N-dealkylation sites (tertiary alicyclic amines) is 1. The molecule has 230 valence electrons. The lowest BCUT2D eigenvalue weighted by molar-refractivity contribution is 0.0143. The van der Waals surface area contributed by atoms with Gasteiger partial charge in [-0.15, -0.1) is 11.3 Å². The van der Waals surface area contributed by atoms with Gasteiger partial charge in [0.1, 0.15) is 10.6 Å². The van der Waals surface area contributed by atoms with Crippen LogP contribution in [0.2, 0.25) is 5.04 Å². The molecule has 5 nitrogen and oxygen atoms in total.